The maximum Gasteiger partial charge on any atom is 0.530 e. The predicted octanol–water partition coefficient (Wildman–Crippen LogP) is 1.92. The van der Waals surface area contributed by atoms with E-state index in [0.29, 0.717) is 12.8 Å². The van der Waals surface area contributed by atoms with Crippen molar-refractivity contribution in [2.24, 2.45) is 5.73 Å². The fourth-order valence-electron chi connectivity index (χ4n) is 3.73. The highest BCUT2D eigenvalue weighted by Gasteiger charge is 2.52. The summed E-state index contributed by atoms with van der Waals surface area (Å²) in [7, 11) is -4.77. The summed E-state index contributed by atoms with van der Waals surface area (Å²) in [5.74, 6) is -1.00. The molecular weight excluding hydrogens is 417 g/mol. The van der Waals surface area contributed by atoms with Gasteiger partial charge >= 0.3 is 13.8 Å². The number of phosphoric ester groups is 1. The number of hydrogen-bond donors (Lipinski definition) is 2. The van der Waals surface area contributed by atoms with Gasteiger partial charge in [0.25, 0.3) is 0 Å². The van der Waals surface area contributed by atoms with Crippen molar-refractivity contribution in [1.29, 1.82) is 0 Å². The summed E-state index contributed by atoms with van der Waals surface area (Å²) < 4.78 is 45.6. The first-order valence-corrected chi connectivity index (χ1v) is 11.9. The maximum absolute atomic E-state index is 12.7. The molecule has 0 spiro atoms. The second kappa shape index (κ2) is 10.4. The molecule has 0 saturated carbocycles. The van der Waals surface area contributed by atoms with Crippen LogP contribution in [0.1, 0.15) is 54.4 Å². The lowest BCUT2D eigenvalue weighted by molar-refractivity contribution is -0.156. The molecule has 176 valence electrons. The van der Waals surface area contributed by atoms with Gasteiger partial charge in [-0.2, -0.15) is 0 Å². The molecule has 0 bridgehead atoms. The van der Waals surface area contributed by atoms with Crippen LogP contribution in [0, 0.1) is 0 Å². The zero-order valence-corrected chi connectivity index (χ0v) is 19.5. The van der Waals surface area contributed by atoms with Crippen molar-refractivity contribution < 1.29 is 42.2 Å². The van der Waals surface area contributed by atoms with Crippen LogP contribution in [0.25, 0.3) is 0 Å². The summed E-state index contributed by atoms with van der Waals surface area (Å²) in [6.07, 6.45) is -2.52. The summed E-state index contributed by atoms with van der Waals surface area (Å²) in [4.78, 5) is 22.9. The van der Waals surface area contributed by atoms with Crippen LogP contribution in [0.4, 0.5) is 0 Å². The van der Waals surface area contributed by atoms with Crippen molar-refractivity contribution in [3.8, 4) is 0 Å². The van der Waals surface area contributed by atoms with Gasteiger partial charge in [0.2, 0.25) is 0 Å². The lowest BCUT2D eigenvalue weighted by Gasteiger charge is -2.34. The van der Waals surface area contributed by atoms with E-state index in [1.54, 1.807) is 13.8 Å². The maximum atomic E-state index is 12.7. The molecule has 2 fully saturated rings. The fourth-order valence-corrected chi connectivity index (χ4v) is 4.70. The number of carbonyl (C=O) groups is 1. The molecule has 2 rings (SSSR count). The Morgan fingerprint density at radius 2 is 1.87 bits per heavy atom. The Labute approximate surface area is 178 Å². The highest BCUT2D eigenvalue weighted by atomic mass is 31.2. The van der Waals surface area contributed by atoms with Crippen LogP contribution in [0.3, 0.4) is 0 Å². The monoisotopic (exact) mass is 453 g/mol. The fraction of sp³-hybridized carbons (Fsp3) is 0.947. The largest absolute Gasteiger partial charge is 0.530 e. The third-order valence-electron chi connectivity index (χ3n) is 5.00. The molecule has 30 heavy (non-hydrogen) atoms. The Hall–Kier alpha value is -0.580. The van der Waals surface area contributed by atoms with E-state index < -0.39 is 37.7 Å². The van der Waals surface area contributed by atoms with Crippen LogP contribution in [-0.2, 0) is 37.4 Å². The molecule has 7 atom stereocenters. The minimum atomic E-state index is -4.77. The molecule has 0 aromatic carbocycles. The van der Waals surface area contributed by atoms with Crippen LogP contribution < -0.4 is 5.73 Å². The average Bonchev–Trinajstić information content (AvgIpc) is 3.11. The quantitative estimate of drug-likeness (QED) is 0.472. The third kappa shape index (κ3) is 6.71. The van der Waals surface area contributed by atoms with E-state index in [0.717, 1.165) is 0 Å². The van der Waals surface area contributed by atoms with Gasteiger partial charge in [-0.05, 0) is 41.5 Å². The molecule has 0 amide bonds. The van der Waals surface area contributed by atoms with Gasteiger partial charge in [-0.3, -0.25) is 9.42 Å². The molecule has 2 aliphatic rings. The van der Waals surface area contributed by atoms with Crippen molar-refractivity contribution in [2.75, 3.05) is 13.2 Å². The van der Waals surface area contributed by atoms with E-state index in [4.69, 9.17) is 33.7 Å². The average molecular weight is 453 g/mol. The van der Waals surface area contributed by atoms with Crippen LogP contribution in [0.2, 0.25) is 0 Å². The molecule has 0 aromatic heterocycles. The molecule has 2 unspecified atom stereocenters. The number of nitrogens with two attached hydrogens (primary N) is 1. The van der Waals surface area contributed by atoms with Crippen molar-refractivity contribution in [3.05, 3.63) is 0 Å². The molecular formula is C19H36NO9P. The van der Waals surface area contributed by atoms with Gasteiger partial charge in [0.1, 0.15) is 11.7 Å². The van der Waals surface area contributed by atoms with Crippen LogP contribution >= 0.6 is 7.82 Å². The van der Waals surface area contributed by atoms with Gasteiger partial charge in [0.05, 0.1) is 37.1 Å². The summed E-state index contributed by atoms with van der Waals surface area (Å²) in [6, 6.07) is 0. The zero-order chi connectivity index (χ0) is 22.7. The molecule has 10 nitrogen and oxygen atoms in total. The smallest absolute Gasteiger partial charge is 0.376 e. The molecule has 2 aliphatic heterocycles. The number of phosphoric acid groups is 1. The third-order valence-corrected chi connectivity index (χ3v) is 5.93. The Kier molecular flexibility index (Phi) is 8.87. The summed E-state index contributed by atoms with van der Waals surface area (Å²) in [6.45, 7) is 11.1. The first kappa shape index (κ1) is 25.7. The van der Waals surface area contributed by atoms with Crippen molar-refractivity contribution in [3.63, 3.8) is 0 Å². The number of rotatable bonds is 10. The predicted molar refractivity (Wildman–Crippen MR) is 108 cm³/mol. The van der Waals surface area contributed by atoms with Crippen LogP contribution in [-0.4, -0.2) is 72.3 Å². The van der Waals surface area contributed by atoms with Gasteiger partial charge in [-0.25, -0.2) is 9.36 Å². The minimum absolute atomic E-state index is 0.0101. The summed E-state index contributed by atoms with van der Waals surface area (Å²) in [5.41, 5.74) is 4.79. The second-order valence-corrected chi connectivity index (χ2v) is 9.92. The summed E-state index contributed by atoms with van der Waals surface area (Å²) in [5, 5.41) is 0. The number of carbonyl (C=O) groups excluding carboxylic acids is 1. The Balaban J connectivity index is 2.07. The lowest BCUT2D eigenvalue weighted by Crippen LogP contribution is -2.51. The van der Waals surface area contributed by atoms with Gasteiger partial charge in [0, 0.05) is 19.4 Å². The van der Waals surface area contributed by atoms with Crippen LogP contribution in [0.15, 0.2) is 0 Å². The molecule has 0 radical (unpaired) electrons. The highest BCUT2D eigenvalue weighted by Crippen LogP contribution is 2.50. The topological polar surface area (TPSA) is 136 Å². The van der Waals surface area contributed by atoms with E-state index in [1.165, 1.54) is 0 Å². The minimum Gasteiger partial charge on any atom is -0.376 e. The normalized spacial score (nSPS) is 36.4. The molecule has 2 heterocycles. The van der Waals surface area contributed by atoms with Gasteiger partial charge in [-0.15, -0.1) is 0 Å². The molecule has 11 heteroatoms. The highest BCUT2D eigenvalue weighted by molar-refractivity contribution is 7.48. The molecule has 0 aromatic rings. The SMILES string of the molecule is CC(C)OC[C@@]1(CN)O[C@@H](C)C[C@H]1OP(=O)(O)OC(=O)[C@H]1O[C@@H](C)CC1OC(C)C. The van der Waals surface area contributed by atoms with E-state index in [2.05, 4.69) is 0 Å². The van der Waals surface area contributed by atoms with Crippen molar-refractivity contribution >= 4 is 13.8 Å². The first-order valence-electron chi connectivity index (χ1n) is 10.4. The Morgan fingerprint density at radius 1 is 1.20 bits per heavy atom. The van der Waals surface area contributed by atoms with E-state index in [1.807, 2.05) is 27.7 Å². The summed E-state index contributed by atoms with van der Waals surface area (Å²) >= 11 is 0. The van der Waals surface area contributed by atoms with Crippen LogP contribution in [0.5, 0.6) is 0 Å². The number of hydrogen-bond acceptors (Lipinski definition) is 9. The number of ether oxygens (including phenoxy) is 4. The first-order chi connectivity index (χ1) is 13.9. The standard InChI is InChI=1S/C19H36NO9P/c1-11(2)24-10-19(9-20)16(8-14(6)27-19)28-30(22,23)29-18(21)17-15(25-12(3)4)7-13(5)26-17/h11-17H,7-10,20H2,1-6H3,(H,22,23)/t13-,14-,15?,16+,17-,19+/m0/s1. The van der Waals surface area contributed by atoms with E-state index in [-0.39, 0.29) is 37.6 Å². The van der Waals surface area contributed by atoms with Gasteiger partial charge in [0.15, 0.2) is 6.10 Å². The molecule has 3 N–H and O–H groups in total. The molecule has 2 saturated heterocycles. The lowest BCUT2D eigenvalue weighted by atomic mass is 9.97. The second-order valence-electron chi connectivity index (χ2n) is 8.59. The van der Waals surface area contributed by atoms with Gasteiger partial charge < -0.3 is 29.2 Å². The molecule has 0 aliphatic carbocycles. The van der Waals surface area contributed by atoms with Crippen molar-refractivity contribution in [2.45, 2.75) is 103 Å². The zero-order valence-electron chi connectivity index (χ0n) is 18.6. The van der Waals surface area contributed by atoms with E-state index in [9.17, 15) is 14.3 Å². The van der Waals surface area contributed by atoms with Gasteiger partial charge in [-0.1, -0.05) is 0 Å². The van der Waals surface area contributed by atoms with Crippen molar-refractivity contribution in [1.82, 2.24) is 0 Å². The Morgan fingerprint density at radius 3 is 2.43 bits per heavy atom. The Bertz CT molecular complexity index is 631. The van der Waals surface area contributed by atoms with E-state index >= 15 is 0 Å².